The van der Waals surface area contributed by atoms with E-state index in [1.54, 1.807) is 7.05 Å². The van der Waals surface area contributed by atoms with Crippen LogP contribution in [0.2, 0.25) is 0 Å². The van der Waals surface area contributed by atoms with Gasteiger partial charge in [-0.15, -0.1) is 11.8 Å². The van der Waals surface area contributed by atoms with Crippen molar-refractivity contribution in [2.24, 2.45) is 4.99 Å². The van der Waals surface area contributed by atoms with Crippen molar-refractivity contribution in [1.82, 2.24) is 10.6 Å². The van der Waals surface area contributed by atoms with Gasteiger partial charge in [0.05, 0.1) is 0 Å². The highest BCUT2D eigenvalue weighted by Gasteiger charge is 2.19. The summed E-state index contributed by atoms with van der Waals surface area (Å²) in [5.41, 5.74) is 0. The van der Waals surface area contributed by atoms with E-state index < -0.39 is 0 Å². The molecule has 0 amide bonds. The molecular formula is C13H20BrN3S. The molecule has 1 aromatic rings. The van der Waals surface area contributed by atoms with Gasteiger partial charge in [-0.1, -0.05) is 15.9 Å². The van der Waals surface area contributed by atoms with Crippen LogP contribution in [-0.4, -0.2) is 31.3 Å². The minimum atomic E-state index is 0.0978. The van der Waals surface area contributed by atoms with Crippen LogP contribution in [0.1, 0.15) is 13.8 Å². The van der Waals surface area contributed by atoms with Gasteiger partial charge in [0.25, 0.3) is 0 Å². The van der Waals surface area contributed by atoms with Gasteiger partial charge in [0.2, 0.25) is 0 Å². The maximum atomic E-state index is 4.11. The Morgan fingerprint density at radius 3 is 2.44 bits per heavy atom. The molecule has 0 saturated carbocycles. The first-order valence-corrected chi connectivity index (χ1v) is 7.41. The summed E-state index contributed by atoms with van der Waals surface area (Å²) >= 11 is 5.30. The van der Waals surface area contributed by atoms with Crippen molar-refractivity contribution >= 4 is 33.7 Å². The van der Waals surface area contributed by atoms with Crippen LogP contribution >= 0.6 is 27.7 Å². The van der Waals surface area contributed by atoms with E-state index >= 15 is 0 Å². The Morgan fingerprint density at radius 2 is 1.94 bits per heavy atom. The minimum Gasteiger partial charge on any atom is -0.359 e. The zero-order valence-electron chi connectivity index (χ0n) is 11.2. The fourth-order valence-corrected chi connectivity index (χ4v) is 2.75. The Balaban J connectivity index is 2.56. The molecule has 2 N–H and O–H groups in total. The SMILES string of the molecule is CN=C(NC)NCC(C)(C)Sc1ccc(Br)cc1. The lowest BCUT2D eigenvalue weighted by Crippen LogP contribution is -2.41. The summed E-state index contributed by atoms with van der Waals surface area (Å²) in [6, 6.07) is 8.39. The number of benzene rings is 1. The van der Waals surface area contributed by atoms with Crippen molar-refractivity contribution < 1.29 is 0 Å². The first kappa shape index (κ1) is 15.4. The highest BCUT2D eigenvalue weighted by Crippen LogP contribution is 2.32. The number of thioether (sulfide) groups is 1. The molecular weight excluding hydrogens is 310 g/mol. The van der Waals surface area contributed by atoms with E-state index in [1.165, 1.54) is 4.90 Å². The lowest BCUT2D eigenvalue weighted by atomic mass is 10.2. The second kappa shape index (κ2) is 7.04. The van der Waals surface area contributed by atoms with Crippen molar-refractivity contribution in [3.05, 3.63) is 28.7 Å². The van der Waals surface area contributed by atoms with E-state index in [9.17, 15) is 0 Å². The zero-order valence-corrected chi connectivity index (χ0v) is 13.7. The predicted molar refractivity (Wildman–Crippen MR) is 84.5 cm³/mol. The molecule has 100 valence electrons. The largest absolute Gasteiger partial charge is 0.359 e. The fraction of sp³-hybridized carbons (Fsp3) is 0.462. The second-order valence-electron chi connectivity index (χ2n) is 4.49. The third-order valence-electron chi connectivity index (χ3n) is 2.35. The summed E-state index contributed by atoms with van der Waals surface area (Å²) in [6.07, 6.45) is 0. The van der Waals surface area contributed by atoms with Gasteiger partial charge in [0.15, 0.2) is 5.96 Å². The van der Waals surface area contributed by atoms with Crippen LogP contribution in [0.15, 0.2) is 38.6 Å². The molecule has 0 radical (unpaired) electrons. The first-order valence-electron chi connectivity index (χ1n) is 5.80. The molecule has 0 aliphatic rings. The molecule has 0 atom stereocenters. The van der Waals surface area contributed by atoms with E-state index in [1.807, 2.05) is 18.8 Å². The summed E-state index contributed by atoms with van der Waals surface area (Å²) in [7, 11) is 3.64. The quantitative estimate of drug-likeness (QED) is 0.506. The number of nitrogens with one attached hydrogen (secondary N) is 2. The maximum Gasteiger partial charge on any atom is 0.190 e. The van der Waals surface area contributed by atoms with Crippen LogP contribution in [-0.2, 0) is 0 Å². The number of hydrogen-bond donors (Lipinski definition) is 2. The van der Waals surface area contributed by atoms with Gasteiger partial charge in [0.1, 0.15) is 0 Å². The molecule has 0 saturated heterocycles. The topological polar surface area (TPSA) is 36.4 Å². The molecule has 18 heavy (non-hydrogen) atoms. The van der Waals surface area contributed by atoms with E-state index in [0.717, 1.165) is 17.0 Å². The van der Waals surface area contributed by atoms with Gasteiger partial charge < -0.3 is 10.6 Å². The molecule has 0 aliphatic carbocycles. The summed E-state index contributed by atoms with van der Waals surface area (Å²) in [4.78, 5) is 5.38. The molecule has 3 nitrogen and oxygen atoms in total. The van der Waals surface area contributed by atoms with Crippen molar-refractivity contribution in [3.8, 4) is 0 Å². The van der Waals surface area contributed by atoms with E-state index in [-0.39, 0.29) is 4.75 Å². The van der Waals surface area contributed by atoms with Gasteiger partial charge >= 0.3 is 0 Å². The van der Waals surface area contributed by atoms with Crippen LogP contribution in [0.4, 0.5) is 0 Å². The Bertz CT molecular complexity index is 401. The lowest BCUT2D eigenvalue weighted by Gasteiger charge is -2.25. The monoisotopic (exact) mass is 329 g/mol. The van der Waals surface area contributed by atoms with Gasteiger partial charge in [-0.25, -0.2) is 0 Å². The summed E-state index contributed by atoms with van der Waals surface area (Å²) < 4.78 is 1.21. The zero-order chi connectivity index (χ0) is 13.6. The summed E-state index contributed by atoms with van der Waals surface area (Å²) in [5, 5.41) is 6.32. The van der Waals surface area contributed by atoms with Crippen LogP contribution in [0, 0.1) is 0 Å². The van der Waals surface area contributed by atoms with Gasteiger partial charge in [-0.2, -0.15) is 0 Å². The normalized spacial score (nSPS) is 12.4. The first-order chi connectivity index (χ1) is 8.46. The number of halogens is 1. The predicted octanol–water partition coefficient (Wildman–Crippen LogP) is 3.11. The maximum absolute atomic E-state index is 4.11. The van der Waals surface area contributed by atoms with Crippen molar-refractivity contribution in [1.29, 1.82) is 0 Å². The molecule has 0 aromatic heterocycles. The van der Waals surface area contributed by atoms with Crippen LogP contribution < -0.4 is 10.6 Å². The fourth-order valence-electron chi connectivity index (χ4n) is 1.43. The third-order valence-corrected chi connectivity index (χ3v) is 4.08. The second-order valence-corrected chi connectivity index (χ2v) is 7.19. The van der Waals surface area contributed by atoms with Gasteiger partial charge in [-0.3, -0.25) is 4.99 Å². The molecule has 1 aromatic carbocycles. The minimum absolute atomic E-state index is 0.0978. The average molecular weight is 330 g/mol. The Hall–Kier alpha value is -0.680. The number of aliphatic imine (C=N–C) groups is 1. The Morgan fingerprint density at radius 1 is 1.33 bits per heavy atom. The molecule has 0 aliphatic heterocycles. The van der Waals surface area contributed by atoms with Crippen molar-refractivity contribution in [3.63, 3.8) is 0 Å². The Kier molecular flexibility index (Phi) is 6.02. The van der Waals surface area contributed by atoms with E-state index in [4.69, 9.17) is 0 Å². The third kappa shape index (κ3) is 5.31. The number of nitrogens with zero attached hydrogens (tertiary/aromatic N) is 1. The number of hydrogen-bond acceptors (Lipinski definition) is 2. The molecule has 0 unspecified atom stereocenters. The lowest BCUT2D eigenvalue weighted by molar-refractivity contribution is 0.669. The molecule has 0 bridgehead atoms. The molecule has 0 fully saturated rings. The van der Waals surface area contributed by atoms with Gasteiger partial charge in [0, 0.05) is 34.8 Å². The molecule has 1 rings (SSSR count). The standard InChI is InChI=1S/C13H20BrN3S/c1-13(2,9-17-12(15-3)16-4)18-11-7-5-10(14)6-8-11/h5-8H,9H2,1-4H3,(H2,15,16,17). The highest BCUT2D eigenvalue weighted by atomic mass is 79.9. The molecule has 0 heterocycles. The summed E-state index contributed by atoms with van der Waals surface area (Å²) in [5.74, 6) is 0.819. The Labute approximate surface area is 122 Å². The van der Waals surface area contributed by atoms with Gasteiger partial charge in [-0.05, 0) is 38.1 Å². The molecule has 5 heteroatoms. The van der Waals surface area contributed by atoms with Crippen LogP contribution in [0.3, 0.4) is 0 Å². The van der Waals surface area contributed by atoms with E-state index in [0.29, 0.717) is 0 Å². The van der Waals surface area contributed by atoms with Crippen LogP contribution in [0.25, 0.3) is 0 Å². The number of guanidine groups is 1. The highest BCUT2D eigenvalue weighted by molar-refractivity contribution is 9.10. The smallest absolute Gasteiger partial charge is 0.190 e. The molecule has 0 spiro atoms. The van der Waals surface area contributed by atoms with Crippen molar-refractivity contribution in [2.45, 2.75) is 23.5 Å². The summed E-state index contributed by atoms with van der Waals surface area (Å²) in [6.45, 7) is 5.28. The van der Waals surface area contributed by atoms with E-state index in [2.05, 4.69) is 69.7 Å². The number of rotatable bonds is 4. The van der Waals surface area contributed by atoms with Crippen molar-refractivity contribution in [2.75, 3.05) is 20.6 Å². The average Bonchev–Trinajstić information content (AvgIpc) is 2.33. The van der Waals surface area contributed by atoms with Crippen LogP contribution in [0.5, 0.6) is 0 Å².